The van der Waals surface area contributed by atoms with Gasteiger partial charge in [-0.1, -0.05) is 56.3 Å². The van der Waals surface area contributed by atoms with Crippen LogP contribution in [0.4, 0.5) is 4.39 Å². The minimum Gasteiger partial charge on any atom is -0.491 e. The Hall–Kier alpha value is -2.36. The van der Waals surface area contributed by atoms with E-state index >= 15 is 0 Å². The Morgan fingerprint density at radius 2 is 1.76 bits per heavy atom. The molecule has 1 atom stereocenters. The van der Waals surface area contributed by atoms with E-state index in [9.17, 15) is 9.18 Å². The lowest BCUT2D eigenvalue weighted by Crippen LogP contribution is -2.30. The summed E-state index contributed by atoms with van der Waals surface area (Å²) in [5, 5.41) is 3.00. The molecule has 0 aliphatic heterocycles. The fourth-order valence-corrected chi connectivity index (χ4v) is 2.73. The largest absolute Gasteiger partial charge is 0.491 e. The molecule has 0 saturated carbocycles. The number of benzene rings is 2. The maximum Gasteiger partial charge on any atom is 0.220 e. The van der Waals surface area contributed by atoms with Crippen molar-refractivity contribution in [3.8, 4) is 5.75 Å². The van der Waals surface area contributed by atoms with Gasteiger partial charge in [-0.3, -0.25) is 4.79 Å². The molecule has 2 aromatic carbocycles. The van der Waals surface area contributed by atoms with E-state index in [2.05, 4.69) is 31.3 Å². The second-order valence-corrected chi connectivity index (χ2v) is 6.45. The summed E-state index contributed by atoms with van der Waals surface area (Å²) in [6.45, 7) is 5.26. The molecule has 1 N–H and O–H groups in total. The number of nitrogens with one attached hydrogen (secondary N) is 1. The zero-order valence-electron chi connectivity index (χ0n) is 14.9. The minimum atomic E-state index is -0.380. The molecule has 1 amide bonds. The predicted octanol–water partition coefficient (Wildman–Crippen LogP) is 4.54. The summed E-state index contributed by atoms with van der Waals surface area (Å²) >= 11 is 0. The normalized spacial score (nSPS) is 12.0. The van der Waals surface area contributed by atoms with Crippen LogP contribution in [0.15, 0.2) is 54.6 Å². The summed E-state index contributed by atoms with van der Waals surface area (Å²) in [4.78, 5) is 12.0. The van der Waals surface area contributed by atoms with Crippen LogP contribution in [0.2, 0.25) is 0 Å². The lowest BCUT2D eigenvalue weighted by Gasteiger charge is -2.22. The highest BCUT2D eigenvalue weighted by Crippen LogP contribution is 2.23. The molecule has 0 bridgehead atoms. The van der Waals surface area contributed by atoms with E-state index in [4.69, 9.17) is 4.74 Å². The molecule has 2 aromatic rings. The Kier molecular flexibility index (Phi) is 7.45. The van der Waals surface area contributed by atoms with Gasteiger partial charge in [-0.15, -0.1) is 0 Å². The smallest absolute Gasteiger partial charge is 0.220 e. The van der Waals surface area contributed by atoms with Crippen molar-refractivity contribution in [3.63, 3.8) is 0 Å². The number of hydrogen-bond donors (Lipinski definition) is 1. The van der Waals surface area contributed by atoms with Gasteiger partial charge in [-0.05, 0) is 30.0 Å². The highest BCUT2D eigenvalue weighted by molar-refractivity contribution is 5.75. The first-order valence-corrected chi connectivity index (χ1v) is 8.77. The molecule has 134 valence electrons. The van der Waals surface area contributed by atoms with Gasteiger partial charge in [-0.25, -0.2) is 4.39 Å². The van der Waals surface area contributed by atoms with Gasteiger partial charge in [0, 0.05) is 18.9 Å². The third-order valence-electron chi connectivity index (χ3n) is 4.19. The molecular formula is C21H26FNO2. The van der Waals surface area contributed by atoms with Crippen LogP contribution in [0, 0.1) is 11.7 Å². The fraction of sp³-hybridized carbons (Fsp3) is 0.381. The van der Waals surface area contributed by atoms with Crippen LogP contribution in [0.1, 0.15) is 38.2 Å². The van der Waals surface area contributed by atoms with Gasteiger partial charge >= 0.3 is 0 Å². The van der Waals surface area contributed by atoms with Crippen molar-refractivity contribution in [2.75, 3.05) is 13.2 Å². The lowest BCUT2D eigenvalue weighted by atomic mass is 9.88. The van der Waals surface area contributed by atoms with Crippen LogP contribution >= 0.6 is 0 Å². The predicted molar refractivity (Wildman–Crippen MR) is 98.2 cm³/mol. The van der Waals surface area contributed by atoms with E-state index < -0.39 is 0 Å². The average Bonchev–Trinajstić information content (AvgIpc) is 2.61. The van der Waals surface area contributed by atoms with Gasteiger partial charge in [-0.2, -0.15) is 0 Å². The molecule has 4 heteroatoms. The number of carbonyl (C=O) groups excluding carboxylic acids is 1. The van der Waals surface area contributed by atoms with Crippen LogP contribution in [-0.4, -0.2) is 19.1 Å². The highest BCUT2D eigenvalue weighted by Gasteiger charge is 2.16. The van der Waals surface area contributed by atoms with Crippen molar-refractivity contribution in [1.82, 2.24) is 5.32 Å². The molecule has 0 aromatic heterocycles. The summed E-state index contributed by atoms with van der Waals surface area (Å²) in [5.74, 6) is 0.576. The number of halogens is 1. The van der Waals surface area contributed by atoms with Crippen LogP contribution in [-0.2, 0) is 4.79 Å². The summed E-state index contributed by atoms with van der Waals surface area (Å²) < 4.78 is 18.8. The molecule has 0 radical (unpaired) electrons. The molecule has 1 unspecified atom stereocenters. The Bertz CT molecular complexity index is 658. The molecule has 0 aliphatic carbocycles. The molecule has 0 saturated heterocycles. The van der Waals surface area contributed by atoms with E-state index in [1.165, 1.54) is 11.6 Å². The monoisotopic (exact) mass is 343 g/mol. The number of ether oxygens (including phenoxy) is 1. The number of carbonyl (C=O) groups is 1. The Morgan fingerprint density at radius 3 is 2.44 bits per heavy atom. The number of amides is 1. The Labute approximate surface area is 149 Å². The van der Waals surface area contributed by atoms with Gasteiger partial charge < -0.3 is 10.1 Å². The zero-order chi connectivity index (χ0) is 18.1. The lowest BCUT2D eigenvalue weighted by molar-refractivity contribution is -0.121. The molecule has 0 fully saturated rings. The molecule has 2 rings (SSSR count). The number of para-hydroxylation sites is 1. The van der Waals surface area contributed by atoms with Gasteiger partial charge in [0.25, 0.3) is 0 Å². The van der Waals surface area contributed by atoms with Crippen LogP contribution in [0.5, 0.6) is 5.75 Å². The molecular weight excluding hydrogens is 317 g/mol. The first-order chi connectivity index (χ1) is 12.1. The van der Waals surface area contributed by atoms with Crippen LogP contribution in [0.25, 0.3) is 0 Å². The standard InChI is InChI=1S/C21H26FNO2/c1-16(2)18(17-9-4-3-5-10-17)15-23-21(24)13-8-14-25-20-12-7-6-11-19(20)22/h3-7,9-12,16,18H,8,13-15H2,1-2H3,(H,23,24). The van der Waals surface area contributed by atoms with E-state index in [1.807, 2.05) is 18.2 Å². The SMILES string of the molecule is CC(C)C(CNC(=O)CCCOc1ccccc1F)c1ccccc1. The quantitative estimate of drug-likeness (QED) is 0.679. The van der Waals surface area contributed by atoms with Crippen molar-refractivity contribution in [2.24, 2.45) is 5.92 Å². The maximum atomic E-state index is 13.4. The molecule has 0 spiro atoms. The Balaban J connectivity index is 1.72. The number of rotatable bonds is 9. The van der Waals surface area contributed by atoms with Gasteiger partial charge in [0.2, 0.25) is 5.91 Å². The zero-order valence-corrected chi connectivity index (χ0v) is 14.9. The van der Waals surface area contributed by atoms with Crippen molar-refractivity contribution < 1.29 is 13.9 Å². The van der Waals surface area contributed by atoms with Crippen LogP contribution in [0.3, 0.4) is 0 Å². The van der Waals surface area contributed by atoms with Crippen LogP contribution < -0.4 is 10.1 Å². The first-order valence-electron chi connectivity index (χ1n) is 8.77. The Morgan fingerprint density at radius 1 is 1.08 bits per heavy atom. The van der Waals surface area contributed by atoms with E-state index in [1.54, 1.807) is 18.2 Å². The first kappa shape index (κ1) is 19.0. The van der Waals surface area contributed by atoms with Gasteiger partial charge in [0.15, 0.2) is 11.6 Å². The van der Waals surface area contributed by atoms with Crippen molar-refractivity contribution >= 4 is 5.91 Å². The maximum absolute atomic E-state index is 13.4. The van der Waals surface area contributed by atoms with Crippen molar-refractivity contribution in [1.29, 1.82) is 0 Å². The van der Waals surface area contributed by atoms with E-state index in [-0.39, 0.29) is 17.5 Å². The highest BCUT2D eigenvalue weighted by atomic mass is 19.1. The third-order valence-corrected chi connectivity index (χ3v) is 4.19. The molecule has 3 nitrogen and oxygen atoms in total. The van der Waals surface area contributed by atoms with Crippen molar-refractivity contribution in [3.05, 3.63) is 66.0 Å². The topological polar surface area (TPSA) is 38.3 Å². The van der Waals surface area contributed by atoms with Gasteiger partial charge in [0.05, 0.1) is 6.61 Å². The van der Waals surface area contributed by atoms with E-state index in [0.717, 1.165) is 0 Å². The molecule has 0 heterocycles. The summed E-state index contributed by atoms with van der Waals surface area (Å²) in [7, 11) is 0. The van der Waals surface area contributed by atoms with Gasteiger partial charge in [0.1, 0.15) is 0 Å². The molecule has 25 heavy (non-hydrogen) atoms. The molecule has 0 aliphatic rings. The third kappa shape index (κ3) is 6.22. The second-order valence-electron chi connectivity index (χ2n) is 6.45. The number of hydrogen-bond acceptors (Lipinski definition) is 2. The second kappa shape index (κ2) is 9.82. The summed E-state index contributed by atoms with van der Waals surface area (Å²) in [6, 6.07) is 16.5. The summed E-state index contributed by atoms with van der Waals surface area (Å²) in [6.07, 6.45) is 0.923. The average molecular weight is 343 g/mol. The minimum absolute atomic E-state index is 0.00119. The van der Waals surface area contributed by atoms with E-state index in [0.29, 0.717) is 37.8 Å². The summed E-state index contributed by atoms with van der Waals surface area (Å²) in [5.41, 5.74) is 1.24. The van der Waals surface area contributed by atoms with Crippen molar-refractivity contribution in [2.45, 2.75) is 32.6 Å². The fourth-order valence-electron chi connectivity index (χ4n) is 2.73.